The Kier molecular flexibility index (Phi) is 4.40. The summed E-state index contributed by atoms with van der Waals surface area (Å²) < 4.78 is 0. The van der Waals surface area contributed by atoms with Gasteiger partial charge in [0.1, 0.15) is 0 Å². The van der Waals surface area contributed by atoms with Crippen molar-refractivity contribution in [3.8, 4) is 0 Å². The van der Waals surface area contributed by atoms with Crippen LogP contribution in [0.3, 0.4) is 0 Å². The smallest absolute Gasteiger partial charge is 0.261 e. The fraction of sp³-hybridized carbons (Fsp3) is 0.250. The molecule has 0 atom stereocenters. The third kappa shape index (κ3) is 3.31. The van der Waals surface area contributed by atoms with Crippen molar-refractivity contribution in [1.29, 1.82) is 0 Å². The Morgan fingerprint density at radius 1 is 1.00 bits per heavy atom. The van der Waals surface area contributed by atoms with Crippen molar-refractivity contribution >= 4 is 23.4 Å². The van der Waals surface area contributed by atoms with Crippen LogP contribution in [0.5, 0.6) is 0 Å². The first-order valence-electron chi connectivity index (χ1n) is 8.23. The van der Waals surface area contributed by atoms with Gasteiger partial charge in [-0.2, -0.15) is 0 Å². The molecule has 3 rings (SSSR count). The highest BCUT2D eigenvalue weighted by Gasteiger charge is 2.32. The van der Waals surface area contributed by atoms with E-state index in [-0.39, 0.29) is 17.7 Å². The topological polar surface area (TPSA) is 66.5 Å². The van der Waals surface area contributed by atoms with Crippen molar-refractivity contribution in [2.75, 3.05) is 12.4 Å². The summed E-state index contributed by atoms with van der Waals surface area (Å²) in [7, 11) is 1.45. The van der Waals surface area contributed by atoms with Gasteiger partial charge in [-0.3, -0.25) is 19.3 Å². The van der Waals surface area contributed by atoms with Crippen LogP contribution in [0.1, 0.15) is 50.5 Å². The molecule has 0 bridgehead atoms. The molecule has 0 saturated carbocycles. The molecular formula is C20H20N2O3. The number of anilines is 1. The van der Waals surface area contributed by atoms with Crippen LogP contribution in [-0.2, 0) is 6.42 Å². The lowest BCUT2D eigenvalue weighted by Gasteiger charge is -2.08. The van der Waals surface area contributed by atoms with Gasteiger partial charge in [-0.25, -0.2) is 0 Å². The highest BCUT2D eigenvalue weighted by Crippen LogP contribution is 2.25. The molecular weight excluding hydrogens is 316 g/mol. The number of carbonyl (C=O) groups excluding carboxylic acids is 3. The lowest BCUT2D eigenvalue weighted by atomic mass is 10.0. The first kappa shape index (κ1) is 16.9. The maximum atomic E-state index is 12.4. The molecule has 0 fully saturated rings. The summed E-state index contributed by atoms with van der Waals surface area (Å²) in [5.41, 5.74) is 2.91. The second-order valence-electron chi connectivity index (χ2n) is 6.68. The Hall–Kier alpha value is -2.95. The van der Waals surface area contributed by atoms with E-state index < -0.39 is 0 Å². The van der Waals surface area contributed by atoms with E-state index >= 15 is 0 Å². The maximum absolute atomic E-state index is 12.4. The van der Waals surface area contributed by atoms with E-state index in [2.05, 4.69) is 19.2 Å². The summed E-state index contributed by atoms with van der Waals surface area (Å²) in [6.07, 6.45) is 0.969. The molecule has 2 aromatic carbocycles. The maximum Gasteiger partial charge on any atom is 0.261 e. The minimum Gasteiger partial charge on any atom is -0.322 e. The summed E-state index contributed by atoms with van der Waals surface area (Å²) in [5.74, 6) is -0.363. The van der Waals surface area contributed by atoms with Crippen LogP contribution in [0.25, 0.3) is 0 Å². The number of carbonyl (C=O) groups is 3. The lowest BCUT2D eigenvalue weighted by Crippen LogP contribution is -2.24. The summed E-state index contributed by atoms with van der Waals surface area (Å²) in [6.45, 7) is 4.30. The lowest BCUT2D eigenvalue weighted by molar-refractivity contribution is 0.0692. The van der Waals surface area contributed by atoms with E-state index in [0.717, 1.165) is 11.3 Å². The molecule has 0 unspecified atom stereocenters. The van der Waals surface area contributed by atoms with Crippen molar-refractivity contribution in [3.63, 3.8) is 0 Å². The van der Waals surface area contributed by atoms with Gasteiger partial charge in [0.05, 0.1) is 11.1 Å². The van der Waals surface area contributed by atoms with E-state index in [0.29, 0.717) is 28.3 Å². The molecule has 0 aliphatic carbocycles. The molecule has 1 aliphatic rings. The monoisotopic (exact) mass is 336 g/mol. The van der Waals surface area contributed by atoms with E-state index in [1.54, 1.807) is 30.3 Å². The molecule has 2 aromatic rings. The van der Waals surface area contributed by atoms with Crippen molar-refractivity contribution in [2.24, 2.45) is 5.92 Å². The molecule has 128 valence electrons. The fourth-order valence-electron chi connectivity index (χ4n) is 2.91. The number of nitrogens with zero attached hydrogens (tertiary/aromatic N) is 1. The van der Waals surface area contributed by atoms with Crippen LogP contribution < -0.4 is 5.32 Å². The highest BCUT2D eigenvalue weighted by molar-refractivity contribution is 6.21. The number of hydrogen-bond donors (Lipinski definition) is 1. The van der Waals surface area contributed by atoms with Gasteiger partial charge in [-0.1, -0.05) is 26.0 Å². The first-order chi connectivity index (χ1) is 11.9. The van der Waals surface area contributed by atoms with E-state index in [1.165, 1.54) is 12.6 Å². The second kappa shape index (κ2) is 6.51. The summed E-state index contributed by atoms with van der Waals surface area (Å²) >= 11 is 0. The van der Waals surface area contributed by atoms with Crippen molar-refractivity contribution in [1.82, 2.24) is 4.90 Å². The van der Waals surface area contributed by atoms with E-state index in [9.17, 15) is 14.4 Å². The Morgan fingerprint density at radius 3 is 2.28 bits per heavy atom. The van der Waals surface area contributed by atoms with Crippen LogP contribution in [0.2, 0.25) is 0 Å². The van der Waals surface area contributed by atoms with Gasteiger partial charge in [-0.05, 0) is 48.2 Å². The molecule has 3 amide bonds. The summed E-state index contributed by atoms with van der Waals surface area (Å²) in [5, 5.41) is 2.78. The van der Waals surface area contributed by atoms with Crippen molar-refractivity contribution < 1.29 is 14.4 Å². The van der Waals surface area contributed by atoms with Crippen LogP contribution in [0, 0.1) is 5.92 Å². The standard InChI is InChI=1S/C20H20N2O3/c1-12(2)10-13-4-6-14(7-5-13)18(23)21-15-8-9-16-17(11-15)20(25)22(3)19(16)24/h4-9,11-12H,10H2,1-3H3,(H,21,23). The average Bonchev–Trinajstić information content (AvgIpc) is 2.79. The average molecular weight is 336 g/mol. The minimum atomic E-state index is -0.353. The van der Waals surface area contributed by atoms with Crippen molar-refractivity contribution in [2.45, 2.75) is 20.3 Å². The van der Waals surface area contributed by atoms with Gasteiger partial charge in [0.25, 0.3) is 17.7 Å². The largest absolute Gasteiger partial charge is 0.322 e. The van der Waals surface area contributed by atoms with Gasteiger partial charge in [0.2, 0.25) is 0 Å². The molecule has 0 radical (unpaired) electrons. The number of hydrogen-bond acceptors (Lipinski definition) is 3. The van der Waals surface area contributed by atoms with Crippen LogP contribution in [0.15, 0.2) is 42.5 Å². The number of benzene rings is 2. The molecule has 0 spiro atoms. The molecule has 5 heteroatoms. The van der Waals surface area contributed by atoms with Crippen molar-refractivity contribution in [3.05, 3.63) is 64.7 Å². The Bertz CT molecular complexity index is 854. The zero-order valence-electron chi connectivity index (χ0n) is 14.5. The molecule has 1 N–H and O–H groups in total. The van der Waals surface area contributed by atoms with Crippen LogP contribution >= 0.6 is 0 Å². The quantitative estimate of drug-likeness (QED) is 0.871. The van der Waals surface area contributed by atoms with E-state index in [4.69, 9.17) is 0 Å². The number of nitrogens with one attached hydrogen (secondary N) is 1. The third-order valence-electron chi connectivity index (χ3n) is 4.21. The molecule has 5 nitrogen and oxygen atoms in total. The summed E-state index contributed by atoms with van der Waals surface area (Å²) in [6, 6.07) is 12.2. The SMILES string of the molecule is CC(C)Cc1ccc(C(=O)Nc2ccc3c(c2)C(=O)N(C)C3=O)cc1. The van der Waals surface area contributed by atoms with Gasteiger partial charge in [0.15, 0.2) is 0 Å². The number of amides is 3. The van der Waals surface area contributed by atoms with Crippen LogP contribution in [-0.4, -0.2) is 29.7 Å². The predicted octanol–water partition coefficient (Wildman–Crippen LogP) is 3.36. The molecule has 0 aromatic heterocycles. The first-order valence-corrected chi connectivity index (χ1v) is 8.23. The second-order valence-corrected chi connectivity index (χ2v) is 6.68. The zero-order valence-corrected chi connectivity index (χ0v) is 14.5. The molecule has 25 heavy (non-hydrogen) atoms. The fourth-order valence-corrected chi connectivity index (χ4v) is 2.91. The number of imide groups is 1. The molecule has 1 aliphatic heterocycles. The Balaban J connectivity index is 1.76. The Labute approximate surface area is 146 Å². The normalized spacial score (nSPS) is 13.4. The van der Waals surface area contributed by atoms with Gasteiger partial charge in [0, 0.05) is 18.3 Å². The third-order valence-corrected chi connectivity index (χ3v) is 4.21. The van der Waals surface area contributed by atoms with Gasteiger partial charge in [-0.15, -0.1) is 0 Å². The molecule has 0 saturated heterocycles. The van der Waals surface area contributed by atoms with Crippen LogP contribution in [0.4, 0.5) is 5.69 Å². The predicted molar refractivity (Wildman–Crippen MR) is 95.8 cm³/mol. The zero-order chi connectivity index (χ0) is 18.1. The van der Waals surface area contributed by atoms with E-state index in [1.807, 2.05) is 12.1 Å². The van der Waals surface area contributed by atoms with Gasteiger partial charge >= 0.3 is 0 Å². The summed E-state index contributed by atoms with van der Waals surface area (Å²) in [4.78, 5) is 37.4. The minimum absolute atomic E-state index is 0.249. The van der Waals surface area contributed by atoms with Gasteiger partial charge < -0.3 is 5.32 Å². The number of fused-ring (bicyclic) bond motifs is 1. The highest BCUT2D eigenvalue weighted by atomic mass is 16.2. The number of rotatable bonds is 4. The Morgan fingerprint density at radius 2 is 1.64 bits per heavy atom. The molecule has 1 heterocycles.